The molecule has 6 heteroatoms. The Bertz CT molecular complexity index is 959. The number of unbranched alkanes of at least 4 members (excludes halogenated alkanes) is 1. The highest BCUT2D eigenvalue weighted by atomic mass is 16.6. The van der Waals surface area contributed by atoms with Crippen molar-refractivity contribution in [1.82, 2.24) is 4.90 Å². The van der Waals surface area contributed by atoms with Gasteiger partial charge in [-0.3, -0.25) is 4.79 Å². The lowest BCUT2D eigenvalue weighted by atomic mass is 9.89. The summed E-state index contributed by atoms with van der Waals surface area (Å²) >= 11 is 0. The highest BCUT2D eigenvalue weighted by Gasteiger charge is 2.27. The van der Waals surface area contributed by atoms with Crippen molar-refractivity contribution >= 4 is 17.7 Å². The van der Waals surface area contributed by atoms with Gasteiger partial charge in [0, 0.05) is 25.2 Å². The minimum atomic E-state index is -0.477. The fourth-order valence-electron chi connectivity index (χ4n) is 4.33. The van der Waals surface area contributed by atoms with Crippen LogP contribution in [0.2, 0.25) is 0 Å². The first-order valence-corrected chi connectivity index (χ1v) is 12.2. The molecule has 0 saturated carbocycles. The smallest absolute Gasteiger partial charge is 0.410 e. The van der Waals surface area contributed by atoms with E-state index in [1.165, 1.54) is 11.1 Å². The number of carbonyl (C=O) groups excluding carboxylic acids is 2. The average molecular weight is 467 g/mol. The number of rotatable bonds is 8. The maximum absolute atomic E-state index is 12.5. The van der Waals surface area contributed by atoms with Crippen molar-refractivity contribution in [2.45, 2.75) is 70.8 Å². The van der Waals surface area contributed by atoms with Crippen LogP contribution in [0.1, 0.15) is 69.9 Å². The van der Waals surface area contributed by atoms with E-state index in [0.29, 0.717) is 25.4 Å². The summed E-state index contributed by atoms with van der Waals surface area (Å²) in [6.45, 7) is 7.03. The number of para-hydroxylation sites is 1. The van der Waals surface area contributed by atoms with E-state index < -0.39 is 5.60 Å². The molecule has 2 aromatic carbocycles. The minimum Gasteiger partial charge on any atom is -0.496 e. The normalized spacial score (nSPS) is 14.5. The van der Waals surface area contributed by atoms with Crippen LogP contribution in [0.5, 0.6) is 5.75 Å². The average Bonchev–Trinajstić information content (AvgIpc) is 2.81. The number of methoxy groups -OCH3 is 1. The fraction of sp³-hybridized carbons (Fsp3) is 0.500. The molecule has 0 bridgehead atoms. The van der Waals surface area contributed by atoms with Crippen molar-refractivity contribution in [3.05, 3.63) is 59.7 Å². The first-order valence-electron chi connectivity index (χ1n) is 12.2. The zero-order valence-electron chi connectivity index (χ0n) is 20.9. The van der Waals surface area contributed by atoms with Gasteiger partial charge in [0.15, 0.2) is 0 Å². The van der Waals surface area contributed by atoms with Gasteiger partial charge in [0.1, 0.15) is 11.4 Å². The van der Waals surface area contributed by atoms with Gasteiger partial charge in [-0.1, -0.05) is 30.3 Å². The highest BCUT2D eigenvalue weighted by Crippen LogP contribution is 2.30. The van der Waals surface area contributed by atoms with E-state index in [9.17, 15) is 9.59 Å². The van der Waals surface area contributed by atoms with E-state index in [-0.39, 0.29) is 12.0 Å². The topological polar surface area (TPSA) is 67.9 Å². The van der Waals surface area contributed by atoms with Gasteiger partial charge >= 0.3 is 6.09 Å². The van der Waals surface area contributed by atoms with Crippen LogP contribution in [-0.2, 0) is 16.0 Å². The Kier molecular flexibility index (Phi) is 8.97. The second-order valence-electron chi connectivity index (χ2n) is 9.93. The molecule has 0 aliphatic carbocycles. The summed E-state index contributed by atoms with van der Waals surface area (Å²) in [6.07, 6.45) is 4.69. The Morgan fingerprint density at radius 1 is 1.03 bits per heavy atom. The van der Waals surface area contributed by atoms with E-state index in [1.54, 1.807) is 12.0 Å². The Labute approximate surface area is 203 Å². The number of hydrogen-bond acceptors (Lipinski definition) is 4. The van der Waals surface area contributed by atoms with Crippen LogP contribution in [0, 0.1) is 0 Å². The number of ether oxygens (including phenoxy) is 2. The van der Waals surface area contributed by atoms with E-state index in [4.69, 9.17) is 9.47 Å². The van der Waals surface area contributed by atoms with E-state index in [0.717, 1.165) is 43.5 Å². The van der Waals surface area contributed by atoms with E-state index >= 15 is 0 Å². The third-order valence-electron chi connectivity index (χ3n) is 6.08. The second kappa shape index (κ2) is 11.9. The van der Waals surface area contributed by atoms with Crippen LogP contribution < -0.4 is 10.1 Å². The number of amides is 2. The number of piperidine rings is 1. The molecular formula is C28H38N2O4. The largest absolute Gasteiger partial charge is 0.496 e. The summed E-state index contributed by atoms with van der Waals surface area (Å²) in [5, 5.41) is 3.05. The Morgan fingerprint density at radius 3 is 2.47 bits per heavy atom. The van der Waals surface area contributed by atoms with Gasteiger partial charge in [0.25, 0.3) is 0 Å². The lowest BCUT2D eigenvalue weighted by Crippen LogP contribution is -2.41. The molecule has 0 radical (unpaired) electrons. The molecule has 1 saturated heterocycles. The van der Waals surface area contributed by atoms with E-state index in [1.807, 2.05) is 51.1 Å². The predicted octanol–water partition coefficient (Wildman–Crippen LogP) is 6.16. The molecular weight excluding hydrogens is 428 g/mol. The third-order valence-corrected chi connectivity index (χ3v) is 6.08. The summed E-state index contributed by atoms with van der Waals surface area (Å²) in [5.41, 5.74) is 2.74. The van der Waals surface area contributed by atoms with Gasteiger partial charge < -0.3 is 19.7 Å². The van der Waals surface area contributed by atoms with Crippen molar-refractivity contribution in [2.75, 3.05) is 25.5 Å². The lowest BCUT2D eigenvalue weighted by Gasteiger charge is -2.33. The summed E-state index contributed by atoms with van der Waals surface area (Å²) in [6, 6.07) is 16.1. The van der Waals surface area contributed by atoms with Crippen LogP contribution in [0.25, 0.3) is 0 Å². The Morgan fingerprint density at radius 2 is 1.76 bits per heavy atom. The van der Waals surface area contributed by atoms with Gasteiger partial charge in [0.05, 0.1) is 7.11 Å². The zero-order chi connectivity index (χ0) is 24.6. The van der Waals surface area contributed by atoms with Crippen LogP contribution in [-0.4, -0.2) is 42.7 Å². The number of likely N-dealkylation sites (tertiary alicyclic amines) is 1. The van der Waals surface area contributed by atoms with Crippen LogP contribution in [0.3, 0.4) is 0 Å². The highest BCUT2D eigenvalue weighted by molar-refractivity contribution is 5.90. The molecule has 1 aliphatic heterocycles. The molecule has 34 heavy (non-hydrogen) atoms. The first-order chi connectivity index (χ1) is 16.2. The molecule has 1 fully saturated rings. The SMILES string of the molecule is COc1ccccc1CCCCC(=O)Nc1cccc(C2CCN(C(=O)OC(C)(C)C)CC2)c1. The van der Waals surface area contributed by atoms with Crippen molar-refractivity contribution in [1.29, 1.82) is 0 Å². The molecule has 0 spiro atoms. The molecule has 1 aliphatic rings. The van der Waals surface area contributed by atoms with Gasteiger partial charge in [-0.2, -0.15) is 0 Å². The molecule has 3 rings (SSSR count). The minimum absolute atomic E-state index is 0.0388. The van der Waals surface area contributed by atoms with Crippen LogP contribution in [0.4, 0.5) is 10.5 Å². The van der Waals surface area contributed by atoms with Crippen molar-refractivity contribution < 1.29 is 19.1 Å². The number of nitrogens with zero attached hydrogens (tertiary/aromatic N) is 1. The standard InChI is InChI=1S/C28H38N2O4/c1-28(2,3)34-27(32)30-18-16-21(17-19-30)23-12-9-13-24(20-23)29-26(31)15-8-6-11-22-10-5-7-14-25(22)33-4/h5,7,9-10,12-14,20-21H,6,8,11,15-19H2,1-4H3,(H,29,31). The predicted molar refractivity (Wildman–Crippen MR) is 135 cm³/mol. The number of hydrogen-bond donors (Lipinski definition) is 1. The van der Waals surface area contributed by atoms with Gasteiger partial charge in [-0.25, -0.2) is 4.79 Å². The van der Waals surface area contributed by atoms with Crippen LogP contribution >= 0.6 is 0 Å². The summed E-state index contributed by atoms with van der Waals surface area (Å²) in [4.78, 5) is 26.6. The zero-order valence-corrected chi connectivity index (χ0v) is 20.9. The van der Waals surface area contributed by atoms with Crippen LogP contribution in [0.15, 0.2) is 48.5 Å². The summed E-state index contributed by atoms with van der Waals surface area (Å²) in [5.74, 6) is 1.31. The third kappa shape index (κ3) is 7.79. The maximum Gasteiger partial charge on any atom is 0.410 e. The van der Waals surface area contributed by atoms with Crippen molar-refractivity contribution in [3.8, 4) is 5.75 Å². The number of nitrogens with one attached hydrogen (secondary N) is 1. The molecule has 0 unspecified atom stereocenters. The summed E-state index contributed by atoms with van der Waals surface area (Å²) in [7, 11) is 1.69. The van der Waals surface area contributed by atoms with E-state index in [2.05, 4.69) is 23.5 Å². The Balaban J connectivity index is 1.43. The fourth-order valence-corrected chi connectivity index (χ4v) is 4.33. The van der Waals surface area contributed by atoms with Crippen molar-refractivity contribution in [3.63, 3.8) is 0 Å². The first kappa shape index (κ1) is 25.6. The lowest BCUT2D eigenvalue weighted by molar-refractivity contribution is -0.116. The monoisotopic (exact) mass is 466 g/mol. The molecule has 0 aromatic heterocycles. The van der Waals surface area contributed by atoms with Gasteiger partial charge in [-0.05, 0) is 88.1 Å². The number of benzene rings is 2. The maximum atomic E-state index is 12.5. The molecule has 1 N–H and O–H groups in total. The van der Waals surface area contributed by atoms with Gasteiger partial charge in [-0.15, -0.1) is 0 Å². The molecule has 0 atom stereocenters. The molecule has 6 nitrogen and oxygen atoms in total. The quantitative estimate of drug-likeness (QED) is 0.473. The number of anilines is 1. The van der Waals surface area contributed by atoms with Crippen molar-refractivity contribution in [2.24, 2.45) is 0 Å². The Hall–Kier alpha value is -3.02. The number of carbonyl (C=O) groups is 2. The second-order valence-corrected chi connectivity index (χ2v) is 9.93. The van der Waals surface area contributed by atoms with Gasteiger partial charge in [0.2, 0.25) is 5.91 Å². The molecule has 184 valence electrons. The molecule has 2 amide bonds. The summed E-state index contributed by atoms with van der Waals surface area (Å²) < 4.78 is 10.9. The molecule has 1 heterocycles. The number of aryl methyl sites for hydroxylation is 1. The molecule has 2 aromatic rings.